The van der Waals surface area contributed by atoms with Crippen LogP contribution in [0, 0.1) is 0 Å². The summed E-state index contributed by atoms with van der Waals surface area (Å²) in [5.74, 6) is 1.33. The van der Waals surface area contributed by atoms with Crippen LogP contribution in [0.1, 0.15) is 31.4 Å². The predicted octanol–water partition coefficient (Wildman–Crippen LogP) is 4.63. The van der Waals surface area contributed by atoms with E-state index in [0.717, 1.165) is 28.3 Å². The van der Waals surface area contributed by atoms with Crippen LogP contribution in [0.25, 0.3) is 6.08 Å². The first-order valence-electron chi connectivity index (χ1n) is 8.61. The maximum Gasteiger partial charge on any atom is 0.275 e. The predicted molar refractivity (Wildman–Crippen MR) is 106 cm³/mol. The highest BCUT2D eigenvalue weighted by molar-refractivity contribution is 6.30. The van der Waals surface area contributed by atoms with Crippen LogP contribution in [0.15, 0.2) is 59.2 Å². The van der Waals surface area contributed by atoms with Gasteiger partial charge in [0.1, 0.15) is 17.3 Å². The summed E-state index contributed by atoms with van der Waals surface area (Å²) in [6.07, 6.45) is 3.38. The van der Waals surface area contributed by atoms with Crippen molar-refractivity contribution in [2.75, 3.05) is 0 Å². The molecule has 2 aromatic rings. The van der Waals surface area contributed by atoms with Crippen molar-refractivity contribution < 1.29 is 9.53 Å². The molecule has 0 atom stereocenters. The van der Waals surface area contributed by atoms with E-state index in [0.29, 0.717) is 18.0 Å². The number of benzene rings is 2. The van der Waals surface area contributed by atoms with E-state index in [9.17, 15) is 4.79 Å². The maximum atomic E-state index is 12.1. The lowest BCUT2D eigenvalue weighted by Crippen LogP contribution is -2.24. The minimum Gasteiger partial charge on any atom is -0.491 e. The number of nitrogens with zero attached hydrogens (tertiary/aromatic N) is 1. The summed E-state index contributed by atoms with van der Waals surface area (Å²) in [5, 5.41) is 3.55. The number of carbonyl (C=O) groups is 1. The second-order valence-corrected chi connectivity index (χ2v) is 6.84. The number of rotatable bonds is 6. The summed E-state index contributed by atoms with van der Waals surface area (Å²) in [6.45, 7) is 3.97. The van der Waals surface area contributed by atoms with E-state index in [-0.39, 0.29) is 12.0 Å². The number of nitrogens with one attached hydrogen (secondary N) is 1. The van der Waals surface area contributed by atoms with Crippen molar-refractivity contribution in [2.24, 2.45) is 4.99 Å². The molecule has 1 N–H and O–H groups in total. The first-order valence-corrected chi connectivity index (χ1v) is 8.99. The number of amidine groups is 1. The third-order valence-corrected chi connectivity index (χ3v) is 4.12. The lowest BCUT2D eigenvalue weighted by Gasteiger charge is -2.09. The molecule has 5 heteroatoms. The maximum absolute atomic E-state index is 12.1. The Morgan fingerprint density at radius 2 is 1.77 bits per heavy atom. The fourth-order valence-corrected chi connectivity index (χ4v) is 2.75. The zero-order chi connectivity index (χ0) is 18.5. The molecule has 0 spiro atoms. The smallest absolute Gasteiger partial charge is 0.275 e. The highest BCUT2D eigenvalue weighted by atomic mass is 35.5. The molecule has 4 nitrogen and oxygen atoms in total. The van der Waals surface area contributed by atoms with Crippen molar-refractivity contribution in [3.8, 4) is 5.75 Å². The molecule has 0 aliphatic carbocycles. The minimum atomic E-state index is -0.168. The number of aryl methyl sites for hydroxylation is 1. The molecular weight excluding hydrogens is 348 g/mol. The van der Waals surface area contributed by atoms with Crippen molar-refractivity contribution in [3.05, 3.63) is 70.4 Å². The minimum absolute atomic E-state index is 0.132. The van der Waals surface area contributed by atoms with Crippen molar-refractivity contribution in [2.45, 2.75) is 32.8 Å². The van der Waals surface area contributed by atoms with Gasteiger partial charge < -0.3 is 10.1 Å². The Hall–Kier alpha value is -2.59. The zero-order valence-electron chi connectivity index (χ0n) is 14.8. The van der Waals surface area contributed by atoms with Crippen molar-refractivity contribution in [1.82, 2.24) is 5.32 Å². The molecule has 134 valence electrons. The number of aliphatic imine (C=N–C) groups is 1. The second kappa shape index (κ2) is 8.19. The molecule has 1 aliphatic rings. The third-order valence-electron chi connectivity index (χ3n) is 3.86. The highest BCUT2D eigenvalue weighted by Gasteiger charge is 2.19. The summed E-state index contributed by atoms with van der Waals surface area (Å²) in [6, 6.07) is 15.3. The van der Waals surface area contributed by atoms with E-state index in [4.69, 9.17) is 16.3 Å². The van der Waals surface area contributed by atoms with Crippen LogP contribution in [-0.2, 0) is 11.2 Å². The topological polar surface area (TPSA) is 50.7 Å². The Kier molecular flexibility index (Phi) is 5.74. The van der Waals surface area contributed by atoms with E-state index in [1.807, 2.05) is 62.4 Å². The van der Waals surface area contributed by atoms with Crippen molar-refractivity contribution in [3.63, 3.8) is 0 Å². The van der Waals surface area contributed by atoms with Gasteiger partial charge in [0.05, 0.1) is 6.10 Å². The number of halogens is 1. The molecule has 0 saturated carbocycles. The Morgan fingerprint density at radius 1 is 1.08 bits per heavy atom. The first kappa shape index (κ1) is 18.2. The second-order valence-electron chi connectivity index (χ2n) is 6.40. The Morgan fingerprint density at radius 3 is 2.42 bits per heavy atom. The number of hydrogen-bond acceptors (Lipinski definition) is 3. The molecule has 0 unspecified atom stereocenters. The molecule has 26 heavy (non-hydrogen) atoms. The summed E-state index contributed by atoms with van der Waals surface area (Å²) in [5.41, 5.74) is 2.49. The van der Waals surface area contributed by atoms with Crippen LogP contribution in [0.4, 0.5) is 0 Å². The van der Waals surface area contributed by atoms with Gasteiger partial charge in [-0.05, 0) is 61.7 Å². The van der Waals surface area contributed by atoms with Crippen LogP contribution in [0.5, 0.6) is 5.75 Å². The lowest BCUT2D eigenvalue weighted by atomic mass is 10.1. The van der Waals surface area contributed by atoms with Gasteiger partial charge >= 0.3 is 0 Å². The Balaban J connectivity index is 1.65. The van der Waals surface area contributed by atoms with E-state index in [1.165, 1.54) is 0 Å². The largest absolute Gasteiger partial charge is 0.491 e. The molecule has 2 aromatic carbocycles. The lowest BCUT2D eigenvalue weighted by molar-refractivity contribution is -0.115. The van der Waals surface area contributed by atoms with E-state index >= 15 is 0 Å². The summed E-state index contributed by atoms with van der Waals surface area (Å²) >= 11 is 5.89. The van der Waals surface area contributed by atoms with Gasteiger partial charge in [-0.15, -0.1) is 0 Å². The monoisotopic (exact) mass is 368 g/mol. The average Bonchev–Trinajstić information content (AvgIpc) is 2.95. The van der Waals surface area contributed by atoms with Gasteiger partial charge in [-0.3, -0.25) is 4.79 Å². The van der Waals surface area contributed by atoms with Crippen LogP contribution in [0.3, 0.4) is 0 Å². The molecule has 3 rings (SSSR count). The van der Waals surface area contributed by atoms with E-state index in [2.05, 4.69) is 10.3 Å². The zero-order valence-corrected chi connectivity index (χ0v) is 15.6. The Bertz CT molecular complexity index is 837. The Labute approximate surface area is 158 Å². The first-order chi connectivity index (χ1) is 12.5. The van der Waals surface area contributed by atoms with Gasteiger partial charge in [-0.1, -0.05) is 35.9 Å². The van der Waals surface area contributed by atoms with E-state index in [1.54, 1.807) is 6.08 Å². The molecule has 1 amide bonds. The fourth-order valence-electron chi connectivity index (χ4n) is 2.62. The van der Waals surface area contributed by atoms with Gasteiger partial charge in [0, 0.05) is 11.4 Å². The highest BCUT2D eigenvalue weighted by Crippen LogP contribution is 2.18. The molecule has 0 bridgehead atoms. The number of amides is 1. The molecular formula is C21H21ClN2O2. The molecule has 0 fully saturated rings. The van der Waals surface area contributed by atoms with Crippen LogP contribution in [-0.4, -0.2) is 17.8 Å². The van der Waals surface area contributed by atoms with Crippen molar-refractivity contribution >= 4 is 29.4 Å². The summed E-state index contributed by atoms with van der Waals surface area (Å²) in [7, 11) is 0. The number of ether oxygens (including phenoxy) is 1. The van der Waals surface area contributed by atoms with Gasteiger partial charge in [0.15, 0.2) is 0 Å². The van der Waals surface area contributed by atoms with Gasteiger partial charge in [0.25, 0.3) is 5.91 Å². The fraction of sp³-hybridized carbons (Fsp3) is 0.238. The normalized spacial score (nSPS) is 15.3. The quantitative estimate of drug-likeness (QED) is 0.756. The van der Waals surface area contributed by atoms with Crippen LogP contribution in [0.2, 0.25) is 5.02 Å². The summed E-state index contributed by atoms with van der Waals surface area (Å²) in [4.78, 5) is 16.5. The van der Waals surface area contributed by atoms with E-state index < -0.39 is 0 Å². The van der Waals surface area contributed by atoms with Gasteiger partial charge in [-0.25, -0.2) is 4.99 Å². The molecule has 0 aromatic heterocycles. The molecule has 0 saturated heterocycles. The standard InChI is InChI=1S/C21H21ClN2O2/c1-14(2)26-18-10-5-16(6-11-18)13-19-21(25)24-20(23-19)12-7-15-3-8-17(22)9-4-15/h3-6,8-11,13-14H,7,12H2,1-2H3,(H,23,24,25)/b19-13+. The van der Waals surface area contributed by atoms with Gasteiger partial charge in [-0.2, -0.15) is 0 Å². The summed E-state index contributed by atoms with van der Waals surface area (Å²) < 4.78 is 5.62. The third kappa shape index (κ3) is 4.96. The number of carbonyl (C=O) groups excluding carboxylic acids is 1. The van der Waals surface area contributed by atoms with Crippen LogP contribution >= 0.6 is 11.6 Å². The van der Waals surface area contributed by atoms with Crippen LogP contribution < -0.4 is 10.1 Å². The van der Waals surface area contributed by atoms with Crippen molar-refractivity contribution in [1.29, 1.82) is 0 Å². The molecule has 1 heterocycles. The number of hydrogen-bond donors (Lipinski definition) is 1. The molecule has 0 radical (unpaired) electrons. The van der Waals surface area contributed by atoms with Gasteiger partial charge in [0.2, 0.25) is 0 Å². The molecule has 1 aliphatic heterocycles. The average molecular weight is 369 g/mol. The SMILES string of the molecule is CC(C)Oc1ccc(/C=C2/N=C(CCc3ccc(Cl)cc3)NC2=O)cc1.